The molecule has 2 aliphatic rings. The van der Waals surface area contributed by atoms with E-state index in [1.807, 2.05) is 66.9 Å². The molecular formula is C50H40N6. The Morgan fingerprint density at radius 3 is 1.18 bits per heavy atom. The van der Waals surface area contributed by atoms with Gasteiger partial charge in [-0.1, -0.05) is 161 Å². The maximum Gasteiger partial charge on any atom is 0.167 e. The van der Waals surface area contributed by atoms with Crippen LogP contribution in [0.5, 0.6) is 0 Å². The third kappa shape index (κ3) is 5.24. The molecule has 4 heterocycles. The molecule has 6 aromatic carbocycles. The second-order valence-electron chi connectivity index (χ2n) is 15.6. The number of benzene rings is 6. The lowest BCUT2D eigenvalue weighted by Gasteiger charge is -2.43. The summed E-state index contributed by atoms with van der Waals surface area (Å²) in [6, 6.07) is 57.3. The number of nitrogens with zero attached hydrogens (tertiary/aromatic N) is 6. The van der Waals surface area contributed by atoms with E-state index in [4.69, 9.17) is 19.9 Å². The smallest absolute Gasteiger partial charge is 0.167 e. The number of fused-ring (bicyclic) bond motifs is 4. The minimum absolute atomic E-state index is 0.197. The van der Waals surface area contributed by atoms with Crippen molar-refractivity contribution in [2.75, 3.05) is 9.80 Å². The quantitative estimate of drug-likeness (QED) is 0.176. The first-order chi connectivity index (χ1) is 27.3. The Bertz CT molecular complexity index is 2620. The molecule has 0 bridgehead atoms. The van der Waals surface area contributed by atoms with Gasteiger partial charge in [-0.2, -0.15) is 0 Å². The number of hydrogen-bond donors (Lipinski definition) is 0. The van der Waals surface area contributed by atoms with E-state index in [2.05, 4.69) is 141 Å². The van der Waals surface area contributed by atoms with Crippen LogP contribution in [0, 0.1) is 0 Å². The van der Waals surface area contributed by atoms with Crippen LogP contribution in [0.4, 0.5) is 34.3 Å². The first-order valence-corrected chi connectivity index (χ1v) is 19.2. The van der Waals surface area contributed by atoms with E-state index in [1.165, 1.54) is 22.3 Å². The van der Waals surface area contributed by atoms with Gasteiger partial charge in [0.15, 0.2) is 17.5 Å². The lowest BCUT2D eigenvalue weighted by molar-refractivity contribution is 0.631. The van der Waals surface area contributed by atoms with Crippen LogP contribution < -0.4 is 9.80 Å². The zero-order valence-electron chi connectivity index (χ0n) is 31.8. The van der Waals surface area contributed by atoms with Crippen LogP contribution in [-0.4, -0.2) is 19.9 Å². The van der Waals surface area contributed by atoms with Gasteiger partial charge in [0.25, 0.3) is 0 Å². The molecule has 56 heavy (non-hydrogen) atoms. The molecule has 6 heteroatoms. The summed E-state index contributed by atoms with van der Waals surface area (Å²) in [6.45, 7) is 9.22. The van der Waals surface area contributed by atoms with Crippen molar-refractivity contribution >= 4 is 34.3 Å². The van der Waals surface area contributed by atoms with E-state index in [0.717, 1.165) is 50.9 Å². The van der Waals surface area contributed by atoms with Crippen LogP contribution in [0.15, 0.2) is 170 Å². The monoisotopic (exact) mass is 724 g/mol. The minimum atomic E-state index is -0.230. The topological polar surface area (TPSA) is 58.0 Å². The van der Waals surface area contributed by atoms with Gasteiger partial charge in [-0.25, -0.2) is 19.9 Å². The average molecular weight is 725 g/mol. The van der Waals surface area contributed by atoms with E-state index in [-0.39, 0.29) is 10.8 Å². The van der Waals surface area contributed by atoms with Gasteiger partial charge in [0.1, 0.15) is 5.82 Å². The molecule has 0 radical (unpaired) electrons. The highest BCUT2D eigenvalue weighted by Crippen LogP contribution is 2.55. The molecule has 270 valence electrons. The van der Waals surface area contributed by atoms with E-state index in [9.17, 15) is 0 Å². The first-order valence-electron chi connectivity index (χ1n) is 19.2. The third-order valence-corrected chi connectivity index (χ3v) is 11.5. The number of rotatable bonds is 5. The fourth-order valence-electron chi connectivity index (χ4n) is 8.69. The molecule has 6 nitrogen and oxygen atoms in total. The highest BCUT2D eigenvalue weighted by Gasteiger charge is 2.40. The van der Waals surface area contributed by atoms with Crippen molar-refractivity contribution in [3.8, 4) is 34.2 Å². The van der Waals surface area contributed by atoms with Crippen molar-refractivity contribution in [1.82, 2.24) is 19.9 Å². The summed E-state index contributed by atoms with van der Waals surface area (Å²) < 4.78 is 0. The highest BCUT2D eigenvalue weighted by atomic mass is 15.2. The summed E-state index contributed by atoms with van der Waals surface area (Å²) in [7, 11) is 0. The summed E-state index contributed by atoms with van der Waals surface area (Å²) in [5, 5.41) is 0. The van der Waals surface area contributed by atoms with Crippen LogP contribution in [0.2, 0.25) is 0 Å². The average Bonchev–Trinajstić information content (AvgIpc) is 3.25. The fraction of sp³-hybridized carbons (Fsp3) is 0.120. The standard InChI is InChI=1S/C50H40N6/c1-49(2)37-23-11-15-27-41(37)55(42-28-16-12-24-38(42)49)35-31-36(47-53-45(33-19-7-5-8-20-33)52-46(54-47)34-21-9-6-10-22-34)48(51-32-35)56-43-29-17-13-25-39(43)50(3,4)40-26-14-18-30-44(40)56/h5-32H,1-4H3. The lowest BCUT2D eigenvalue weighted by atomic mass is 9.73. The molecule has 10 rings (SSSR count). The zero-order valence-corrected chi connectivity index (χ0v) is 31.8. The SMILES string of the molecule is CC1(C)c2ccccc2N(c2cnc(N3c4ccccc4C(C)(C)c4ccccc43)c(-c3nc(-c4ccccc4)nc(-c4ccccc4)n3)c2)c2ccccc21. The van der Waals surface area contributed by atoms with Gasteiger partial charge in [0.05, 0.1) is 40.2 Å². The van der Waals surface area contributed by atoms with Crippen LogP contribution in [0.1, 0.15) is 49.9 Å². The van der Waals surface area contributed by atoms with Gasteiger partial charge in [0, 0.05) is 22.0 Å². The predicted molar refractivity (Wildman–Crippen MR) is 228 cm³/mol. The summed E-state index contributed by atoms with van der Waals surface area (Å²) >= 11 is 0. The molecule has 0 saturated carbocycles. The van der Waals surface area contributed by atoms with Crippen molar-refractivity contribution < 1.29 is 0 Å². The van der Waals surface area contributed by atoms with Crippen molar-refractivity contribution in [3.63, 3.8) is 0 Å². The van der Waals surface area contributed by atoms with E-state index >= 15 is 0 Å². The normalized spacial score (nSPS) is 14.6. The Morgan fingerprint density at radius 2 is 0.750 bits per heavy atom. The third-order valence-electron chi connectivity index (χ3n) is 11.5. The second-order valence-corrected chi connectivity index (χ2v) is 15.6. The molecule has 0 atom stereocenters. The molecule has 0 fully saturated rings. The molecule has 0 unspecified atom stereocenters. The van der Waals surface area contributed by atoms with Gasteiger partial charge in [-0.3, -0.25) is 4.90 Å². The Kier molecular flexibility index (Phi) is 7.72. The van der Waals surface area contributed by atoms with E-state index in [1.54, 1.807) is 0 Å². The molecular weight excluding hydrogens is 685 g/mol. The maximum absolute atomic E-state index is 5.47. The predicted octanol–water partition coefficient (Wildman–Crippen LogP) is 12.5. The van der Waals surface area contributed by atoms with Gasteiger partial charge >= 0.3 is 0 Å². The molecule has 0 saturated heterocycles. The minimum Gasteiger partial charge on any atom is -0.308 e. The maximum atomic E-state index is 5.47. The molecule has 0 aliphatic carbocycles. The van der Waals surface area contributed by atoms with Crippen molar-refractivity contribution in [2.45, 2.75) is 38.5 Å². The molecule has 2 aliphatic heterocycles. The van der Waals surface area contributed by atoms with E-state index in [0.29, 0.717) is 17.5 Å². The van der Waals surface area contributed by atoms with Crippen molar-refractivity contribution in [2.24, 2.45) is 0 Å². The Morgan fingerprint density at radius 1 is 0.393 bits per heavy atom. The van der Waals surface area contributed by atoms with Gasteiger partial charge in [0.2, 0.25) is 0 Å². The summed E-state index contributed by atoms with van der Waals surface area (Å²) in [5.74, 6) is 2.48. The number of para-hydroxylation sites is 4. The van der Waals surface area contributed by atoms with Crippen molar-refractivity contribution in [1.29, 1.82) is 0 Å². The summed E-state index contributed by atoms with van der Waals surface area (Å²) in [4.78, 5) is 25.7. The van der Waals surface area contributed by atoms with Crippen molar-refractivity contribution in [3.05, 3.63) is 192 Å². The number of anilines is 6. The van der Waals surface area contributed by atoms with Gasteiger partial charge < -0.3 is 4.90 Å². The van der Waals surface area contributed by atoms with Gasteiger partial charge in [-0.05, 0) is 52.6 Å². The molecule has 8 aromatic rings. The molecule has 2 aromatic heterocycles. The largest absolute Gasteiger partial charge is 0.308 e. The highest BCUT2D eigenvalue weighted by molar-refractivity contribution is 5.93. The van der Waals surface area contributed by atoms with Crippen LogP contribution in [0.3, 0.4) is 0 Å². The lowest BCUT2D eigenvalue weighted by Crippen LogP contribution is -2.31. The summed E-state index contributed by atoms with van der Waals surface area (Å²) in [5.41, 5.74) is 12.5. The van der Waals surface area contributed by atoms with Gasteiger partial charge in [-0.15, -0.1) is 0 Å². The molecule has 0 spiro atoms. The second kappa shape index (κ2) is 12.8. The Balaban J connectivity index is 1.28. The summed E-state index contributed by atoms with van der Waals surface area (Å²) in [6.07, 6.45) is 2.01. The van der Waals surface area contributed by atoms with Crippen LogP contribution >= 0.6 is 0 Å². The van der Waals surface area contributed by atoms with Crippen LogP contribution in [0.25, 0.3) is 34.2 Å². The number of pyridine rings is 1. The zero-order chi connectivity index (χ0) is 38.0. The number of hydrogen-bond acceptors (Lipinski definition) is 6. The molecule has 0 N–H and O–H groups in total. The number of aromatic nitrogens is 4. The first kappa shape index (κ1) is 33.6. The molecule has 0 amide bonds. The van der Waals surface area contributed by atoms with Crippen LogP contribution in [-0.2, 0) is 10.8 Å². The Labute approximate surface area is 327 Å². The fourth-order valence-corrected chi connectivity index (χ4v) is 8.69. The van der Waals surface area contributed by atoms with E-state index < -0.39 is 0 Å². The Hall–Kier alpha value is -6.92.